The molecular formula is C23H24FNO5S2. The van der Waals surface area contributed by atoms with Crippen molar-refractivity contribution in [3.63, 3.8) is 0 Å². The molecule has 1 saturated heterocycles. The Hall–Kier alpha value is -2.26. The summed E-state index contributed by atoms with van der Waals surface area (Å²) in [6, 6.07) is 9.57. The number of halogens is 1. The Labute approximate surface area is 189 Å². The van der Waals surface area contributed by atoms with E-state index in [9.17, 15) is 21.8 Å². The van der Waals surface area contributed by atoms with Gasteiger partial charge in [-0.15, -0.1) is 0 Å². The molecule has 2 aliphatic heterocycles. The predicted molar refractivity (Wildman–Crippen MR) is 119 cm³/mol. The fourth-order valence-corrected chi connectivity index (χ4v) is 8.53. The number of sulfonamides is 1. The van der Waals surface area contributed by atoms with Gasteiger partial charge >= 0.3 is 5.97 Å². The van der Waals surface area contributed by atoms with E-state index in [1.54, 1.807) is 18.2 Å². The number of hydrogen-bond donors (Lipinski definition) is 0. The average molecular weight is 478 g/mol. The molecule has 0 bridgehead atoms. The molecule has 2 heterocycles. The standard InChI is InChI=1S/C23H24FNO5S2/c1-30-22(26)16-4-9-20-19(14-16)23(10-12-31(27)13-11-23)21(15-2-3-15)25(20)32(28,29)18-7-5-17(24)6-8-18/h4-9,14-15,21H,2-3,10-13H2,1H3. The Balaban J connectivity index is 1.72. The van der Waals surface area contributed by atoms with Gasteiger partial charge in [-0.3, -0.25) is 8.51 Å². The summed E-state index contributed by atoms with van der Waals surface area (Å²) in [6.45, 7) is 0. The monoisotopic (exact) mass is 477 g/mol. The van der Waals surface area contributed by atoms with Crippen LogP contribution in [0.4, 0.5) is 10.1 Å². The van der Waals surface area contributed by atoms with Gasteiger partial charge in [0.05, 0.1) is 29.3 Å². The van der Waals surface area contributed by atoms with Crippen molar-refractivity contribution >= 4 is 32.5 Å². The van der Waals surface area contributed by atoms with Crippen LogP contribution in [0.25, 0.3) is 0 Å². The Bertz CT molecular complexity index is 1200. The molecule has 0 amide bonds. The van der Waals surface area contributed by atoms with E-state index in [2.05, 4.69) is 0 Å². The number of methoxy groups -OCH3 is 1. The van der Waals surface area contributed by atoms with Crippen LogP contribution in [0.3, 0.4) is 0 Å². The van der Waals surface area contributed by atoms with Crippen LogP contribution in [0.1, 0.15) is 41.6 Å². The van der Waals surface area contributed by atoms with Gasteiger partial charge < -0.3 is 4.74 Å². The number of carbonyl (C=O) groups excluding carboxylic acids is 1. The Morgan fingerprint density at radius 1 is 1.12 bits per heavy atom. The third-order valence-corrected chi connectivity index (χ3v) is 10.1. The van der Waals surface area contributed by atoms with E-state index in [0.717, 1.165) is 30.5 Å². The topological polar surface area (TPSA) is 80.8 Å². The maximum atomic E-state index is 13.9. The van der Waals surface area contributed by atoms with E-state index in [-0.39, 0.29) is 16.9 Å². The summed E-state index contributed by atoms with van der Waals surface area (Å²) in [5.74, 6) is 0.194. The van der Waals surface area contributed by atoms with Crippen LogP contribution in [0.2, 0.25) is 0 Å². The van der Waals surface area contributed by atoms with Crippen LogP contribution in [0, 0.1) is 11.7 Å². The van der Waals surface area contributed by atoms with Gasteiger partial charge in [0.2, 0.25) is 0 Å². The minimum Gasteiger partial charge on any atom is -0.465 e. The minimum atomic E-state index is -3.98. The lowest BCUT2D eigenvalue weighted by Gasteiger charge is -2.41. The van der Waals surface area contributed by atoms with Gasteiger partial charge in [0.25, 0.3) is 10.0 Å². The number of hydrogen-bond acceptors (Lipinski definition) is 5. The van der Waals surface area contributed by atoms with Crippen molar-refractivity contribution in [1.82, 2.24) is 0 Å². The van der Waals surface area contributed by atoms with Crippen LogP contribution >= 0.6 is 0 Å². The second-order valence-electron chi connectivity index (χ2n) is 8.76. The Morgan fingerprint density at radius 2 is 1.78 bits per heavy atom. The van der Waals surface area contributed by atoms with Crippen molar-refractivity contribution in [2.75, 3.05) is 22.9 Å². The van der Waals surface area contributed by atoms with Crippen molar-refractivity contribution in [2.24, 2.45) is 5.92 Å². The zero-order chi connectivity index (χ0) is 22.7. The third kappa shape index (κ3) is 3.28. The fraction of sp³-hybridized carbons (Fsp3) is 0.435. The minimum absolute atomic E-state index is 0.0315. The van der Waals surface area contributed by atoms with Gasteiger partial charge in [0, 0.05) is 27.7 Å². The molecule has 3 aliphatic rings. The van der Waals surface area contributed by atoms with Crippen molar-refractivity contribution in [2.45, 2.75) is 42.0 Å². The lowest BCUT2D eigenvalue weighted by molar-refractivity contribution is 0.0600. The maximum Gasteiger partial charge on any atom is 0.337 e. The summed E-state index contributed by atoms with van der Waals surface area (Å²) in [7, 11) is -3.60. The van der Waals surface area contributed by atoms with Crippen LogP contribution in [0.15, 0.2) is 47.4 Å². The van der Waals surface area contributed by atoms with Gasteiger partial charge in [-0.05, 0) is 79.6 Å². The molecule has 2 aromatic carbocycles. The molecule has 0 radical (unpaired) electrons. The summed E-state index contributed by atoms with van der Waals surface area (Å²) in [4.78, 5) is 12.3. The summed E-state index contributed by atoms with van der Waals surface area (Å²) >= 11 is 0. The zero-order valence-corrected chi connectivity index (χ0v) is 19.3. The van der Waals surface area contributed by atoms with Crippen LogP contribution in [0.5, 0.6) is 0 Å². The first-order valence-corrected chi connectivity index (χ1v) is 13.6. The molecule has 170 valence electrons. The zero-order valence-electron chi connectivity index (χ0n) is 17.6. The maximum absolute atomic E-state index is 13.9. The number of esters is 1. The molecule has 2 aromatic rings. The van der Waals surface area contributed by atoms with Crippen molar-refractivity contribution in [3.8, 4) is 0 Å². The number of ether oxygens (including phenoxy) is 1. The second-order valence-corrected chi connectivity index (χ2v) is 12.3. The number of fused-ring (bicyclic) bond motifs is 2. The fourth-order valence-electron chi connectivity index (χ4n) is 5.34. The highest BCUT2D eigenvalue weighted by Gasteiger charge is 2.60. The highest BCUT2D eigenvalue weighted by Crippen LogP contribution is 2.59. The van der Waals surface area contributed by atoms with E-state index in [1.807, 2.05) is 0 Å². The Morgan fingerprint density at radius 3 is 2.38 bits per heavy atom. The number of carbonyl (C=O) groups is 1. The molecule has 0 N–H and O–H groups in total. The van der Waals surface area contributed by atoms with E-state index in [4.69, 9.17) is 4.74 Å². The molecule has 9 heteroatoms. The summed E-state index contributed by atoms with van der Waals surface area (Å²) < 4.78 is 59.9. The van der Waals surface area contributed by atoms with Crippen molar-refractivity contribution < 1.29 is 26.5 Å². The SMILES string of the molecule is COC(=O)c1ccc2c(c1)C1(CCS(=O)CC1)C(C1CC1)N2S(=O)(=O)c1ccc(F)cc1. The highest BCUT2D eigenvalue weighted by molar-refractivity contribution is 7.93. The van der Waals surface area contributed by atoms with E-state index in [0.29, 0.717) is 35.6 Å². The van der Waals surface area contributed by atoms with Crippen LogP contribution in [-0.4, -0.2) is 43.3 Å². The van der Waals surface area contributed by atoms with Gasteiger partial charge in [0.1, 0.15) is 5.82 Å². The smallest absolute Gasteiger partial charge is 0.337 e. The second kappa shape index (κ2) is 7.66. The molecule has 1 atom stereocenters. The van der Waals surface area contributed by atoms with Gasteiger partial charge in [-0.1, -0.05) is 0 Å². The number of nitrogens with zero attached hydrogens (tertiary/aromatic N) is 1. The molecule has 5 rings (SSSR count). The normalized spacial score (nSPS) is 27.4. The molecule has 2 fully saturated rings. The largest absolute Gasteiger partial charge is 0.465 e. The highest BCUT2D eigenvalue weighted by atomic mass is 32.2. The molecular weight excluding hydrogens is 453 g/mol. The van der Waals surface area contributed by atoms with Gasteiger partial charge in [-0.2, -0.15) is 0 Å². The first-order chi connectivity index (χ1) is 15.3. The molecule has 0 aromatic heterocycles. The molecule has 1 spiro atoms. The quantitative estimate of drug-likeness (QED) is 0.631. The van der Waals surface area contributed by atoms with Gasteiger partial charge in [-0.25, -0.2) is 17.6 Å². The van der Waals surface area contributed by atoms with E-state index in [1.165, 1.54) is 23.5 Å². The summed E-state index contributed by atoms with van der Waals surface area (Å²) in [5.41, 5.74) is 1.21. The molecule has 32 heavy (non-hydrogen) atoms. The van der Waals surface area contributed by atoms with Crippen molar-refractivity contribution in [1.29, 1.82) is 0 Å². The molecule has 1 unspecified atom stereocenters. The summed E-state index contributed by atoms with van der Waals surface area (Å²) in [6.07, 6.45) is 3.02. The van der Waals surface area contributed by atoms with Crippen LogP contribution < -0.4 is 4.31 Å². The molecule has 6 nitrogen and oxygen atoms in total. The predicted octanol–water partition coefficient (Wildman–Crippen LogP) is 3.38. The molecule has 1 aliphatic carbocycles. The molecule has 1 saturated carbocycles. The lowest BCUT2D eigenvalue weighted by atomic mass is 9.70. The average Bonchev–Trinajstić information content (AvgIpc) is 3.59. The van der Waals surface area contributed by atoms with E-state index >= 15 is 0 Å². The van der Waals surface area contributed by atoms with E-state index < -0.39 is 38.0 Å². The third-order valence-electron chi connectivity index (χ3n) is 7.00. The Kier molecular flexibility index (Phi) is 5.16. The first kappa shape index (κ1) is 21.6. The first-order valence-electron chi connectivity index (χ1n) is 10.7. The number of anilines is 1. The lowest BCUT2D eigenvalue weighted by Crippen LogP contribution is -2.51. The van der Waals surface area contributed by atoms with Crippen LogP contribution in [-0.2, 0) is 31.0 Å². The summed E-state index contributed by atoms with van der Waals surface area (Å²) in [5, 5.41) is 0. The number of rotatable bonds is 4. The van der Waals surface area contributed by atoms with Gasteiger partial charge in [0.15, 0.2) is 0 Å². The number of benzene rings is 2. The van der Waals surface area contributed by atoms with Crippen molar-refractivity contribution in [3.05, 3.63) is 59.4 Å².